The number of carboxylic acid groups (broad SMARTS) is 1. The van der Waals surface area contributed by atoms with Crippen LogP contribution < -0.4 is 4.74 Å². The molecular formula is C31H39FN4O4S. The fourth-order valence-electron chi connectivity index (χ4n) is 5.89. The number of likely N-dealkylation sites (tertiary alicyclic amines) is 1. The first-order valence-electron chi connectivity index (χ1n) is 14.4. The SMILES string of the molecule is COc1ccc2ncc(CN3CCOCC3)c([C@H](F)CCC3(C(=O)O)CCN(CCSc4ccccn4)CC3)c2c1. The first-order chi connectivity index (χ1) is 20.0. The van der Waals surface area contributed by atoms with Crippen molar-refractivity contribution >= 4 is 28.6 Å². The number of alkyl halides is 1. The third kappa shape index (κ3) is 7.35. The van der Waals surface area contributed by atoms with Crippen LogP contribution in [0.2, 0.25) is 0 Å². The van der Waals surface area contributed by atoms with Crippen molar-refractivity contribution in [3.63, 3.8) is 0 Å². The molecule has 1 aromatic carbocycles. The molecule has 0 amide bonds. The summed E-state index contributed by atoms with van der Waals surface area (Å²) in [5.41, 5.74) is 1.23. The Bertz CT molecular complexity index is 1300. The van der Waals surface area contributed by atoms with Gasteiger partial charge in [-0.15, -0.1) is 11.8 Å². The van der Waals surface area contributed by atoms with Gasteiger partial charge in [0.05, 0.1) is 36.3 Å². The number of hydrogen-bond acceptors (Lipinski definition) is 8. The summed E-state index contributed by atoms with van der Waals surface area (Å²) < 4.78 is 27.3. The van der Waals surface area contributed by atoms with Crippen LogP contribution in [0.25, 0.3) is 10.9 Å². The van der Waals surface area contributed by atoms with Gasteiger partial charge in [0, 0.05) is 55.3 Å². The van der Waals surface area contributed by atoms with Gasteiger partial charge in [0.15, 0.2) is 0 Å². The molecule has 4 heterocycles. The van der Waals surface area contributed by atoms with E-state index in [2.05, 4.69) is 19.8 Å². The zero-order valence-corrected chi connectivity index (χ0v) is 24.5. The van der Waals surface area contributed by atoms with E-state index in [0.717, 1.165) is 41.4 Å². The van der Waals surface area contributed by atoms with E-state index in [9.17, 15) is 9.90 Å². The van der Waals surface area contributed by atoms with Crippen molar-refractivity contribution in [1.29, 1.82) is 0 Å². The third-order valence-electron chi connectivity index (χ3n) is 8.45. The molecule has 1 N–H and O–H groups in total. The predicted molar refractivity (Wildman–Crippen MR) is 158 cm³/mol. The Morgan fingerprint density at radius 3 is 2.66 bits per heavy atom. The van der Waals surface area contributed by atoms with Gasteiger partial charge < -0.3 is 19.5 Å². The molecule has 0 aliphatic carbocycles. The highest BCUT2D eigenvalue weighted by Crippen LogP contribution is 2.42. The van der Waals surface area contributed by atoms with Gasteiger partial charge in [-0.25, -0.2) is 9.37 Å². The Labute approximate surface area is 245 Å². The fraction of sp³-hybridized carbons (Fsp3) is 0.516. The van der Waals surface area contributed by atoms with Crippen molar-refractivity contribution in [2.24, 2.45) is 5.41 Å². The van der Waals surface area contributed by atoms with Crippen LogP contribution in [0, 0.1) is 5.41 Å². The topological polar surface area (TPSA) is 88.0 Å². The Morgan fingerprint density at radius 2 is 1.95 bits per heavy atom. The monoisotopic (exact) mass is 582 g/mol. The van der Waals surface area contributed by atoms with E-state index in [4.69, 9.17) is 9.47 Å². The smallest absolute Gasteiger partial charge is 0.309 e. The second kappa shape index (κ2) is 13.9. The van der Waals surface area contributed by atoms with Gasteiger partial charge in [-0.3, -0.25) is 14.7 Å². The molecule has 0 saturated carbocycles. The summed E-state index contributed by atoms with van der Waals surface area (Å²) in [6.45, 7) is 5.73. The van der Waals surface area contributed by atoms with Crippen molar-refractivity contribution in [3.05, 3.63) is 59.9 Å². The summed E-state index contributed by atoms with van der Waals surface area (Å²) in [5.74, 6) is 0.725. The predicted octanol–water partition coefficient (Wildman–Crippen LogP) is 5.22. The number of carbonyl (C=O) groups is 1. The first-order valence-corrected chi connectivity index (χ1v) is 15.4. The van der Waals surface area contributed by atoms with E-state index in [-0.39, 0.29) is 6.42 Å². The Balaban J connectivity index is 1.27. The molecule has 2 saturated heterocycles. The second-order valence-electron chi connectivity index (χ2n) is 10.9. The van der Waals surface area contributed by atoms with Crippen LogP contribution in [0.15, 0.2) is 53.8 Å². The largest absolute Gasteiger partial charge is 0.497 e. The number of methoxy groups -OCH3 is 1. The molecular weight excluding hydrogens is 543 g/mol. The minimum atomic E-state index is -1.31. The number of carboxylic acids is 1. The number of aliphatic carboxylic acids is 1. The van der Waals surface area contributed by atoms with Crippen molar-refractivity contribution in [1.82, 2.24) is 19.8 Å². The summed E-state index contributed by atoms with van der Waals surface area (Å²) in [6, 6.07) is 11.4. The lowest BCUT2D eigenvalue weighted by Gasteiger charge is -2.39. The number of ether oxygens (including phenoxy) is 2. The van der Waals surface area contributed by atoms with Crippen LogP contribution in [0.3, 0.4) is 0 Å². The number of piperidine rings is 1. The van der Waals surface area contributed by atoms with Gasteiger partial charge >= 0.3 is 5.97 Å². The number of pyridine rings is 2. The maximum absolute atomic E-state index is 16.4. The number of aromatic nitrogens is 2. The zero-order chi connectivity index (χ0) is 28.7. The highest BCUT2D eigenvalue weighted by Gasteiger charge is 2.42. The van der Waals surface area contributed by atoms with Crippen molar-refractivity contribution in [3.8, 4) is 5.75 Å². The van der Waals surface area contributed by atoms with Crippen LogP contribution in [-0.4, -0.2) is 89.6 Å². The number of halogens is 1. The number of rotatable bonds is 12. The molecule has 0 unspecified atom stereocenters. The molecule has 41 heavy (non-hydrogen) atoms. The number of thioether (sulfide) groups is 1. The maximum atomic E-state index is 16.4. The third-order valence-corrected chi connectivity index (χ3v) is 9.37. The van der Waals surface area contributed by atoms with Crippen LogP contribution in [0.5, 0.6) is 5.75 Å². The molecule has 2 aliphatic heterocycles. The molecule has 220 valence electrons. The van der Waals surface area contributed by atoms with Crippen LogP contribution in [0.4, 0.5) is 4.39 Å². The highest BCUT2D eigenvalue weighted by atomic mass is 32.2. The van der Waals surface area contributed by atoms with Gasteiger partial charge in [0.1, 0.15) is 11.9 Å². The molecule has 0 radical (unpaired) electrons. The zero-order valence-electron chi connectivity index (χ0n) is 23.6. The summed E-state index contributed by atoms with van der Waals surface area (Å²) >= 11 is 1.71. The molecule has 0 bridgehead atoms. The van der Waals surface area contributed by atoms with E-state index in [1.807, 2.05) is 36.4 Å². The number of benzene rings is 1. The number of morpholine rings is 1. The standard InChI is InChI=1S/C31H39FN4O4S/c1-39-24-5-6-27-25(20-24)29(23(21-34-27)22-36-14-17-40-18-15-36)26(32)7-8-31(30(37)38)9-12-35(13-10-31)16-19-41-28-4-2-3-11-33-28/h2-6,11,20-21,26H,7-10,12-19,22H2,1H3,(H,37,38)/t26-/m1/s1. The minimum absolute atomic E-state index is 0.147. The van der Waals surface area contributed by atoms with Gasteiger partial charge in [-0.2, -0.15) is 0 Å². The lowest BCUT2D eigenvalue weighted by molar-refractivity contribution is -0.153. The maximum Gasteiger partial charge on any atom is 0.309 e. The molecule has 2 aliphatic rings. The number of nitrogens with zero attached hydrogens (tertiary/aromatic N) is 4. The van der Waals surface area contributed by atoms with Crippen LogP contribution in [-0.2, 0) is 16.1 Å². The second-order valence-corrected chi connectivity index (χ2v) is 12.0. The molecule has 1 atom stereocenters. The summed E-state index contributed by atoms with van der Waals surface area (Å²) in [5, 5.41) is 12.0. The summed E-state index contributed by atoms with van der Waals surface area (Å²) in [4.78, 5) is 26.1. The quantitative estimate of drug-likeness (QED) is 0.289. The Morgan fingerprint density at radius 1 is 1.15 bits per heavy atom. The lowest BCUT2D eigenvalue weighted by Crippen LogP contribution is -2.45. The lowest BCUT2D eigenvalue weighted by atomic mass is 9.74. The fourth-order valence-corrected chi connectivity index (χ4v) is 6.76. The molecule has 10 heteroatoms. The van der Waals surface area contributed by atoms with Crippen molar-refractivity contribution in [2.45, 2.75) is 43.4 Å². The van der Waals surface area contributed by atoms with Crippen LogP contribution in [0.1, 0.15) is 43.0 Å². The Hall–Kier alpha value is -2.79. The molecule has 5 rings (SSSR count). The van der Waals surface area contributed by atoms with Crippen molar-refractivity contribution in [2.75, 3.05) is 58.8 Å². The van der Waals surface area contributed by atoms with Crippen LogP contribution >= 0.6 is 11.8 Å². The van der Waals surface area contributed by atoms with E-state index in [1.165, 1.54) is 0 Å². The van der Waals surface area contributed by atoms with Gasteiger partial charge in [0.25, 0.3) is 0 Å². The Kier molecular flexibility index (Phi) is 10.1. The van der Waals surface area contributed by atoms with Gasteiger partial charge in [0.2, 0.25) is 0 Å². The van der Waals surface area contributed by atoms with Gasteiger partial charge in [-0.1, -0.05) is 6.07 Å². The molecule has 8 nitrogen and oxygen atoms in total. The molecule has 0 spiro atoms. The summed E-state index contributed by atoms with van der Waals surface area (Å²) in [7, 11) is 1.60. The van der Waals surface area contributed by atoms with E-state index in [1.54, 1.807) is 31.3 Å². The molecule has 3 aromatic rings. The minimum Gasteiger partial charge on any atom is -0.497 e. The molecule has 2 fully saturated rings. The van der Waals surface area contributed by atoms with E-state index >= 15 is 4.39 Å². The number of hydrogen-bond donors (Lipinski definition) is 1. The summed E-state index contributed by atoms with van der Waals surface area (Å²) in [6.07, 6.45) is 3.75. The van der Waals surface area contributed by atoms with E-state index < -0.39 is 17.6 Å². The van der Waals surface area contributed by atoms with E-state index in [0.29, 0.717) is 68.9 Å². The normalized spacial score (nSPS) is 18.8. The average molecular weight is 583 g/mol. The molecule has 2 aromatic heterocycles. The number of fused-ring (bicyclic) bond motifs is 1. The first kappa shape index (κ1) is 29.7. The van der Waals surface area contributed by atoms with Crippen molar-refractivity contribution < 1.29 is 23.8 Å². The highest BCUT2D eigenvalue weighted by molar-refractivity contribution is 7.99. The average Bonchev–Trinajstić information content (AvgIpc) is 3.01. The van der Waals surface area contributed by atoms with Gasteiger partial charge in [-0.05, 0) is 74.7 Å².